The molecule has 6 nitrogen and oxygen atoms in total. The van der Waals surface area contributed by atoms with Gasteiger partial charge in [-0.1, -0.05) is 0 Å². The van der Waals surface area contributed by atoms with Gasteiger partial charge in [0.25, 0.3) is 0 Å². The number of H-pyrrole nitrogens is 1. The summed E-state index contributed by atoms with van der Waals surface area (Å²) in [6, 6.07) is 5.51. The lowest BCUT2D eigenvalue weighted by Gasteiger charge is -2.01. The van der Waals surface area contributed by atoms with E-state index in [1.54, 1.807) is 0 Å². The third-order valence-corrected chi connectivity index (χ3v) is 2.25. The molecule has 1 heterocycles. The van der Waals surface area contributed by atoms with Crippen molar-refractivity contribution < 1.29 is 19.8 Å². The van der Waals surface area contributed by atoms with Crippen LogP contribution in [0.3, 0.4) is 0 Å². The van der Waals surface area contributed by atoms with Crippen molar-refractivity contribution in [3.05, 3.63) is 35.5 Å². The molecule has 3 N–H and O–H groups in total. The maximum absolute atomic E-state index is 10.8. The Balaban J connectivity index is 2.52. The lowest BCUT2D eigenvalue weighted by atomic mass is 10.1. The monoisotopic (exact) mass is 232 g/mol. The summed E-state index contributed by atoms with van der Waals surface area (Å²) in [5.74, 6) is -1.17. The van der Waals surface area contributed by atoms with E-state index in [1.165, 1.54) is 24.3 Å². The van der Waals surface area contributed by atoms with E-state index in [-0.39, 0.29) is 17.0 Å². The second-order valence-corrected chi connectivity index (χ2v) is 3.36. The third-order valence-electron chi connectivity index (χ3n) is 2.25. The molecule has 6 heteroatoms. The predicted octanol–water partition coefficient (Wildman–Crippen LogP) is 1.29. The van der Waals surface area contributed by atoms with Gasteiger partial charge in [-0.25, -0.2) is 4.79 Å². The first-order valence-corrected chi connectivity index (χ1v) is 4.69. The number of nitrogens with one attached hydrogen (secondary N) is 1. The summed E-state index contributed by atoms with van der Waals surface area (Å²) < 4.78 is 0. The van der Waals surface area contributed by atoms with Crippen LogP contribution < -0.4 is 0 Å². The van der Waals surface area contributed by atoms with E-state index in [9.17, 15) is 14.7 Å². The van der Waals surface area contributed by atoms with Crippen LogP contribution in [-0.4, -0.2) is 32.7 Å². The van der Waals surface area contributed by atoms with Gasteiger partial charge in [0.1, 0.15) is 11.4 Å². The summed E-state index contributed by atoms with van der Waals surface area (Å²) in [4.78, 5) is 21.5. The number of benzene rings is 1. The largest absolute Gasteiger partial charge is 0.508 e. The fourth-order valence-corrected chi connectivity index (χ4v) is 1.45. The fraction of sp³-hybridized carbons (Fsp3) is 0. The molecule has 0 saturated heterocycles. The molecule has 2 aromatic rings. The minimum Gasteiger partial charge on any atom is -0.508 e. The zero-order valence-electron chi connectivity index (χ0n) is 8.54. The van der Waals surface area contributed by atoms with Crippen LogP contribution in [-0.2, 0) is 0 Å². The smallest absolute Gasteiger partial charge is 0.353 e. The van der Waals surface area contributed by atoms with Crippen LogP contribution in [0.4, 0.5) is 0 Å². The van der Waals surface area contributed by atoms with Crippen LogP contribution in [0.25, 0.3) is 11.3 Å². The molecule has 17 heavy (non-hydrogen) atoms. The summed E-state index contributed by atoms with van der Waals surface area (Å²) in [5.41, 5.74) is 0.976. The number of aldehydes is 1. The number of carbonyl (C=O) groups is 2. The van der Waals surface area contributed by atoms with Crippen molar-refractivity contribution in [1.29, 1.82) is 0 Å². The van der Waals surface area contributed by atoms with E-state index in [2.05, 4.69) is 10.2 Å². The number of carboxylic acids is 1. The number of carboxylic acid groups (broad SMARTS) is 1. The van der Waals surface area contributed by atoms with Gasteiger partial charge in [0, 0.05) is 11.1 Å². The summed E-state index contributed by atoms with van der Waals surface area (Å²) >= 11 is 0. The van der Waals surface area contributed by atoms with Gasteiger partial charge in [0.15, 0.2) is 6.29 Å². The van der Waals surface area contributed by atoms with Gasteiger partial charge in [-0.15, -0.1) is 0 Å². The number of aromatic hydroxyl groups is 1. The molecule has 86 valence electrons. The molecule has 0 unspecified atom stereocenters. The fourth-order valence-electron chi connectivity index (χ4n) is 1.45. The number of phenols is 1. The first-order valence-electron chi connectivity index (χ1n) is 4.69. The standard InChI is InChI=1S/C11H8N2O4/c14-5-6-3-7(15)1-2-8(6)9-4-10(11(16)17)13-12-9/h1-5,15H,(H,12,13)(H,16,17). The van der Waals surface area contributed by atoms with Crippen molar-refractivity contribution in [1.82, 2.24) is 10.2 Å². The number of carbonyl (C=O) groups excluding carboxylic acids is 1. The predicted molar refractivity (Wildman–Crippen MR) is 58.0 cm³/mol. The Labute approximate surface area is 95.5 Å². The van der Waals surface area contributed by atoms with Gasteiger partial charge in [0.05, 0.1) is 5.69 Å². The molecule has 0 saturated carbocycles. The van der Waals surface area contributed by atoms with E-state index in [4.69, 9.17) is 5.11 Å². The van der Waals surface area contributed by atoms with Gasteiger partial charge in [-0.05, 0) is 24.3 Å². The Morgan fingerprint density at radius 1 is 1.35 bits per heavy atom. The number of aromatic carboxylic acids is 1. The highest BCUT2D eigenvalue weighted by atomic mass is 16.4. The number of rotatable bonds is 3. The molecular formula is C11H8N2O4. The maximum atomic E-state index is 10.8. The minimum absolute atomic E-state index is 0.0372. The van der Waals surface area contributed by atoms with Gasteiger partial charge in [0.2, 0.25) is 0 Å². The van der Waals surface area contributed by atoms with Crippen molar-refractivity contribution in [2.24, 2.45) is 0 Å². The van der Waals surface area contributed by atoms with Crippen LogP contribution in [0.15, 0.2) is 24.3 Å². The summed E-state index contributed by atoms with van der Waals surface area (Å²) in [7, 11) is 0. The van der Waals surface area contributed by atoms with Crippen molar-refractivity contribution in [3.8, 4) is 17.0 Å². The highest BCUT2D eigenvalue weighted by molar-refractivity contribution is 5.90. The Kier molecular flexibility index (Phi) is 2.61. The number of nitrogens with zero attached hydrogens (tertiary/aromatic N) is 1. The third kappa shape index (κ3) is 2.00. The van der Waals surface area contributed by atoms with Crippen LogP contribution in [0.2, 0.25) is 0 Å². The van der Waals surface area contributed by atoms with E-state index in [1.807, 2.05) is 0 Å². The van der Waals surface area contributed by atoms with Crippen molar-refractivity contribution in [2.45, 2.75) is 0 Å². The number of aromatic nitrogens is 2. The zero-order valence-corrected chi connectivity index (χ0v) is 8.54. The number of aromatic amines is 1. The SMILES string of the molecule is O=Cc1cc(O)ccc1-c1cc(C(=O)O)[nH]n1. The molecule has 1 aromatic heterocycles. The van der Waals surface area contributed by atoms with E-state index >= 15 is 0 Å². The average molecular weight is 232 g/mol. The molecule has 0 aliphatic rings. The Morgan fingerprint density at radius 2 is 2.12 bits per heavy atom. The van der Waals surface area contributed by atoms with Crippen molar-refractivity contribution in [3.63, 3.8) is 0 Å². The molecule has 0 atom stereocenters. The van der Waals surface area contributed by atoms with E-state index in [0.717, 1.165) is 0 Å². The Morgan fingerprint density at radius 3 is 2.71 bits per heavy atom. The van der Waals surface area contributed by atoms with E-state index in [0.29, 0.717) is 17.5 Å². The molecular weight excluding hydrogens is 224 g/mol. The highest BCUT2D eigenvalue weighted by Crippen LogP contribution is 2.24. The second kappa shape index (κ2) is 4.09. The van der Waals surface area contributed by atoms with Crippen molar-refractivity contribution >= 4 is 12.3 Å². The van der Waals surface area contributed by atoms with Gasteiger partial charge in [-0.2, -0.15) is 5.10 Å². The maximum Gasteiger partial charge on any atom is 0.353 e. The molecule has 0 radical (unpaired) electrons. The Hall–Kier alpha value is -2.63. The lowest BCUT2D eigenvalue weighted by molar-refractivity contribution is 0.0690. The van der Waals surface area contributed by atoms with Gasteiger partial charge in [-0.3, -0.25) is 9.89 Å². The topological polar surface area (TPSA) is 103 Å². The first-order chi connectivity index (χ1) is 8.11. The van der Waals surface area contributed by atoms with Gasteiger partial charge < -0.3 is 10.2 Å². The molecule has 0 spiro atoms. The quantitative estimate of drug-likeness (QED) is 0.692. The molecule has 0 amide bonds. The number of hydrogen-bond acceptors (Lipinski definition) is 4. The number of hydrogen-bond donors (Lipinski definition) is 3. The molecule has 2 rings (SSSR count). The van der Waals surface area contributed by atoms with Crippen LogP contribution in [0.5, 0.6) is 5.75 Å². The summed E-state index contributed by atoms with van der Waals surface area (Å²) in [5, 5.41) is 24.1. The lowest BCUT2D eigenvalue weighted by Crippen LogP contribution is -1.95. The molecule has 0 fully saturated rings. The molecule has 1 aromatic carbocycles. The van der Waals surface area contributed by atoms with Crippen LogP contribution in [0, 0.1) is 0 Å². The highest BCUT2D eigenvalue weighted by Gasteiger charge is 2.12. The van der Waals surface area contributed by atoms with Crippen LogP contribution in [0.1, 0.15) is 20.8 Å². The summed E-state index contributed by atoms with van der Waals surface area (Å²) in [6.07, 6.45) is 0.574. The first kappa shape index (κ1) is 10.9. The summed E-state index contributed by atoms with van der Waals surface area (Å²) in [6.45, 7) is 0. The normalized spacial score (nSPS) is 10.1. The van der Waals surface area contributed by atoms with E-state index < -0.39 is 5.97 Å². The molecule has 0 aliphatic carbocycles. The zero-order chi connectivity index (χ0) is 12.4. The average Bonchev–Trinajstić information content (AvgIpc) is 2.78. The Bertz CT molecular complexity index is 589. The van der Waals surface area contributed by atoms with Crippen LogP contribution >= 0.6 is 0 Å². The van der Waals surface area contributed by atoms with Crippen molar-refractivity contribution in [2.75, 3.05) is 0 Å². The molecule has 0 aliphatic heterocycles. The minimum atomic E-state index is -1.13. The second-order valence-electron chi connectivity index (χ2n) is 3.36. The van der Waals surface area contributed by atoms with Gasteiger partial charge >= 0.3 is 5.97 Å². The molecule has 0 bridgehead atoms. The number of phenolic OH excluding ortho intramolecular Hbond substituents is 1.